The van der Waals surface area contributed by atoms with Gasteiger partial charge in [0.2, 0.25) is 5.91 Å². The van der Waals surface area contributed by atoms with Crippen LogP contribution in [0.5, 0.6) is 0 Å². The molecule has 1 aromatic carbocycles. The third-order valence-corrected chi connectivity index (χ3v) is 5.66. The lowest BCUT2D eigenvalue weighted by Crippen LogP contribution is -2.51. The molecule has 25 heavy (non-hydrogen) atoms. The van der Waals surface area contributed by atoms with Gasteiger partial charge in [-0.1, -0.05) is 24.3 Å². The maximum Gasteiger partial charge on any atom is 0.318 e. The van der Waals surface area contributed by atoms with E-state index in [0.717, 1.165) is 19.3 Å². The molecule has 0 spiro atoms. The zero-order chi connectivity index (χ0) is 17.2. The highest BCUT2D eigenvalue weighted by molar-refractivity contribution is 5.84. The van der Waals surface area contributed by atoms with Crippen LogP contribution in [0.15, 0.2) is 24.3 Å². The molecule has 2 atom stereocenters. The number of carbonyl (C=O) groups excluding carboxylic acids is 2. The Morgan fingerprint density at radius 3 is 2.60 bits per heavy atom. The van der Waals surface area contributed by atoms with Crippen molar-refractivity contribution in [2.75, 3.05) is 13.1 Å². The molecule has 3 aliphatic heterocycles. The summed E-state index contributed by atoms with van der Waals surface area (Å²) in [6, 6.07) is 9.39. The van der Waals surface area contributed by atoms with Crippen molar-refractivity contribution in [3.63, 3.8) is 0 Å². The van der Waals surface area contributed by atoms with Crippen LogP contribution < -0.4 is 16.0 Å². The van der Waals surface area contributed by atoms with E-state index in [-0.39, 0.29) is 24.5 Å². The summed E-state index contributed by atoms with van der Waals surface area (Å²) in [7, 11) is 0. The van der Waals surface area contributed by atoms with Crippen molar-refractivity contribution in [2.45, 2.75) is 56.8 Å². The Labute approximate surface area is 148 Å². The third-order valence-electron chi connectivity index (χ3n) is 5.66. The molecule has 3 amide bonds. The number of piperidine rings is 1. The number of rotatable bonds is 3. The van der Waals surface area contributed by atoms with Crippen molar-refractivity contribution in [1.29, 1.82) is 0 Å². The zero-order valence-corrected chi connectivity index (χ0v) is 14.5. The number of nitrogens with zero attached hydrogens (tertiary/aromatic N) is 1. The maximum atomic E-state index is 12.3. The van der Waals surface area contributed by atoms with Gasteiger partial charge in [-0.2, -0.15) is 0 Å². The quantitative estimate of drug-likeness (QED) is 0.772. The lowest BCUT2D eigenvalue weighted by Gasteiger charge is -2.30. The first-order chi connectivity index (χ1) is 12.2. The molecule has 1 aromatic rings. The first kappa shape index (κ1) is 16.4. The van der Waals surface area contributed by atoms with Gasteiger partial charge in [-0.25, -0.2) is 4.79 Å². The number of carbonyl (C=O) groups is 2. The fourth-order valence-corrected chi connectivity index (χ4v) is 4.39. The molecule has 4 rings (SSSR count). The number of urea groups is 1. The summed E-state index contributed by atoms with van der Waals surface area (Å²) >= 11 is 0. The molecule has 2 fully saturated rings. The fraction of sp³-hybridized carbons (Fsp3) is 0.579. The Morgan fingerprint density at radius 2 is 1.84 bits per heavy atom. The number of hydrogen-bond acceptors (Lipinski definition) is 3. The second-order valence-electron chi connectivity index (χ2n) is 7.47. The van der Waals surface area contributed by atoms with Crippen LogP contribution in [-0.4, -0.2) is 48.1 Å². The van der Waals surface area contributed by atoms with E-state index < -0.39 is 0 Å². The van der Waals surface area contributed by atoms with Gasteiger partial charge in [-0.05, 0) is 43.2 Å². The highest BCUT2D eigenvalue weighted by Gasteiger charge is 2.34. The normalized spacial score (nSPS) is 27.5. The molecule has 3 heterocycles. The van der Waals surface area contributed by atoms with Crippen molar-refractivity contribution in [3.05, 3.63) is 35.4 Å². The van der Waals surface area contributed by atoms with Gasteiger partial charge >= 0.3 is 6.03 Å². The number of amides is 3. The van der Waals surface area contributed by atoms with Crippen LogP contribution in [0, 0.1) is 0 Å². The van der Waals surface area contributed by atoms with Gasteiger partial charge in [0.05, 0.1) is 6.54 Å². The van der Waals surface area contributed by atoms with Gasteiger partial charge in [0.1, 0.15) is 0 Å². The monoisotopic (exact) mass is 342 g/mol. The van der Waals surface area contributed by atoms with E-state index in [1.54, 1.807) is 4.90 Å². The molecule has 2 unspecified atom stereocenters. The second-order valence-corrected chi connectivity index (χ2v) is 7.47. The van der Waals surface area contributed by atoms with Gasteiger partial charge in [-0.3, -0.25) is 4.79 Å². The van der Waals surface area contributed by atoms with Crippen LogP contribution in [-0.2, 0) is 17.8 Å². The predicted octanol–water partition coefficient (Wildman–Crippen LogP) is 1.15. The fourth-order valence-electron chi connectivity index (χ4n) is 4.39. The van der Waals surface area contributed by atoms with Crippen LogP contribution >= 0.6 is 0 Å². The van der Waals surface area contributed by atoms with Gasteiger partial charge < -0.3 is 20.9 Å². The first-order valence-electron chi connectivity index (χ1n) is 9.32. The number of benzene rings is 1. The highest BCUT2D eigenvalue weighted by atomic mass is 16.2. The summed E-state index contributed by atoms with van der Waals surface area (Å²) in [6.45, 7) is 1.36. The van der Waals surface area contributed by atoms with Gasteiger partial charge in [0.15, 0.2) is 0 Å². The Morgan fingerprint density at radius 1 is 1.12 bits per heavy atom. The number of nitrogens with one attached hydrogen (secondary N) is 3. The lowest BCUT2D eigenvalue weighted by molar-refractivity contribution is -0.121. The zero-order valence-electron chi connectivity index (χ0n) is 14.5. The molecule has 0 saturated carbocycles. The molecule has 2 bridgehead atoms. The number of hydrogen-bond donors (Lipinski definition) is 3. The predicted molar refractivity (Wildman–Crippen MR) is 95.1 cm³/mol. The van der Waals surface area contributed by atoms with Gasteiger partial charge in [0, 0.05) is 31.2 Å². The molecule has 0 aliphatic carbocycles. The van der Waals surface area contributed by atoms with E-state index in [1.165, 1.54) is 24.0 Å². The minimum Gasteiger partial charge on any atom is -0.352 e. The molecule has 6 heteroatoms. The average molecular weight is 342 g/mol. The largest absolute Gasteiger partial charge is 0.352 e. The van der Waals surface area contributed by atoms with Crippen molar-refractivity contribution in [2.24, 2.45) is 0 Å². The Bertz CT molecular complexity index is 651. The van der Waals surface area contributed by atoms with Crippen molar-refractivity contribution >= 4 is 11.9 Å². The minimum atomic E-state index is -0.157. The summed E-state index contributed by atoms with van der Waals surface area (Å²) < 4.78 is 0. The topological polar surface area (TPSA) is 73.5 Å². The molecule has 3 aliphatic rings. The van der Waals surface area contributed by atoms with E-state index in [1.807, 2.05) is 12.1 Å². The van der Waals surface area contributed by atoms with Crippen molar-refractivity contribution in [1.82, 2.24) is 20.9 Å². The summed E-state index contributed by atoms with van der Waals surface area (Å²) in [5.74, 6) is -0.0861. The summed E-state index contributed by atoms with van der Waals surface area (Å²) in [5, 5.41) is 9.42. The first-order valence-corrected chi connectivity index (χ1v) is 9.32. The summed E-state index contributed by atoms with van der Waals surface area (Å²) in [4.78, 5) is 26.3. The molecule has 0 aromatic heterocycles. The molecule has 3 N–H and O–H groups in total. The molecule has 2 saturated heterocycles. The molecule has 134 valence electrons. The Hall–Kier alpha value is -2.08. The maximum absolute atomic E-state index is 12.3. The highest BCUT2D eigenvalue weighted by Crippen LogP contribution is 2.26. The lowest BCUT2D eigenvalue weighted by atomic mass is 10.00. The van der Waals surface area contributed by atoms with E-state index >= 15 is 0 Å². The van der Waals surface area contributed by atoms with E-state index in [2.05, 4.69) is 28.1 Å². The van der Waals surface area contributed by atoms with Crippen LogP contribution in [0.4, 0.5) is 4.79 Å². The van der Waals surface area contributed by atoms with Crippen LogP contribution in [0.25, 0.3) is 0 Å². The Kier molecular flexibility index (Phi) is 4.61. The van der Waals surface area contributed by atoms with Crippen molar-refractivity contribution < 1.29 is 9.59 Å². The Balaban J connectivity index is 1.23. The van der Waals surface area contributed by atoms with Crippen LogP contribution in [0.3, 0.4) is 0 Å². The van der Waals surface area contributed by atoms with Gasteiger partial charge in [-0.15, -0.1) is 0 Å². The molecular weight excluding hydrogens is 316 g/mol. The van der Waals surface area contributed by atoms with Gasteiger partial charge in [0.25, 0.3) is 0 Å². The second kappa shape index (κ2) is 7.04. The third kappa shape index (κ3) is 3.79. The van der Waals surface area contributed by atoms with Crippen LogP contribution in [0.1, 0.15) is 36.8 Å². The van der Waals surface area contributed by atoms with Crippen LogP contribution in [0.2, 0.25) is 0 Å². The van der Waals surface area contributed by atoms with Crippen molar-refractivity contribution in [3.8, 4) is 0 Å². The van der Waals surface area contributed by atoms with E-state index in [9.17, 15) is 9.59 Å². The average Bonchev–Trinajstić information content (AvgIpc) is 2.97. The minimum absolute atomic E-state index is 0.0518. The smallest absolute Gasteiger partial charge is 0.318 e. The SMILES string of the molecule is O=C(CNC(=O)N1CCc2ccccc2C1)NC1CC2CCC(C1)N2. The molecule has 6 nitrogen and oxygen atoms in total. The van der Waals surface area contributed by atoms with E-state index in [4.69, 9.17) is 0 Å². The molecular formula is C19H26N4O2. The standard InChI is InChI=1S/C19H26N4O2/c24-18(22-17-9-15-5-6-16(10-17)21-15)11-20-19(25)23-8-7-13-3-1-2-4-14(13)12-23/h1-4,15-17,21H,5-12H2,(H,20,25)(H,22,24). The number of fused-ring (bicyclic) bond motifs is 3. The summed E-state index contributed by atoms with van der Waals surface area (Å²) in [6.07, 6.45) is 5.29. The summed E-state index contributed by atoms with van der Waals surface area (Å²) in [5.41, 5.74) is 2.50. The van der Waals surface area contributed by atoms with E-state index in [0.29, 0.717) is 25.2 Å². The molecule has 0 radical (unpaired) electrons.